The van der Waals surface area contributed by atoms with Gasteiger partial charge in [-0.15, -0.1) is 11.3 Å². The third-order valence-electron chi connectivity index (χ3n) is 2.33. The fourth-order valence-corrected chi connectivity index (χ4v) is 3.52. The summed E-state index contributed by atoms with van der Waals surface area (Å²) >= 11 is 1.13. The van der Waals surface area contributed by atoms with Crippen molar-refractivity contribution >= 4 is 37.9 Å². The maximum absolute atomic E-state index is 12.1. The topological polar surface area (TPSA) is 128 Å². The Balaban J connectivity index is 2.37. The molecule has 0 unspecified atom stereocenters. The molecule has 0 amide bonds. The van der Waals surface area contributed by atoms with Crippen molar-refractivity contribution in [1.82, 2.24) is 4.98 Å². The van der Waals surface area contributed by atoms with Crippen LogP contribution in [0, 0.1) is 17.0 Å². The van der Waals surface area contributed by atoms with E-state index in [1.807, 2.05) is 0 Å². The second-order valence-corrected chi connectivity index (χ2v) is 6.39. The van der Waals surface area contributed by atoms with E-state index < -0.39 is 14.9 Å². The predicted octanol–water partition coefficient (Wildman–Crippen LogP) is 1.74. The first kappa shape index (κ1) is 14.2. The maximum Gasteiger partial charge on any atom is 0.271 e. The number of non-ortho nitro benzene ring substituents is 1. The first-order valence-corrected chi connectivity index (χ1v) is 7.65. The van der Waals surface area contributed by atoms with Gasteiger partial charge in [0, 0.05) is 17.5 Å². The number of hydrogen-bond acceptors (Lipinski definition) is 7. The molecule has 1 aromatic carbocycles. The Hall–Kier alpha value is -2.20. The molecule has 2 rings (SSSR count). The SMILES string of the molecule is Cc1csc(NS(=O)(=O)c2ccc([N+](=O)[O-])cc2N)n1. The van der Waals surface area contributed by atoms with E-state index in [0.717, 1.165) is 29.5 Å². The van der Waals surface area contributed by atoms with Crippen molar-refractivity contribution in [3.8, 4) is 0 Å². The number of nitrogens with zero attached hydrogens (tertiary/aromatic N) is 2. The number of hydrogen-bond donors (Lipinski definition) is 2. The molecule has 0 bridgehead atoms. The summed E-state index contributed by atoms with van der Waals surface area (Å²) in [6.45, 7) is 1.73. The molecule has 0 saturated carbocycles. The number of nitro benzene ring substituents is 1. The molecule has 8 nitrogen and oxygen atoms in total. The van der Waals surface area contributed by atoms with E-state index in [4.69, 9.17) is 5.73 Å². The number of nitro groups is 1. The number of aromatic nitrogens is 1. The summed E-state index contributed by atoms with van der Waals surface area (Å²) in [5.41, 5.74) is 5.78. The Bertz CT molecular complexity index is 769. The molecule has 20 heavy (non-hydrogen) atoms. The van der Waals surface area contributed by atoms with Crippen molar-refractivity contribution in [2.45, 2.75) is 11.8 Å². The van der Waals surface area contributed by atoms with Gasteiger partial charge in [-0.2, -0.15) is 0 Å². The van der Waals surface area contributed by atoms with Gasteiger partial charge in [0.15, 0.2) is 5.13 Å². The van der Waals surface area contributed by atoms with Crippen LogP contribution in [0.15, 0.2) is 28.5 Å². The van der Waals surface area contributed by atoms with Crippen LogP contribution in [-0.2, 0) is 10.0 Å². The smallest absolute Gasteiger partial charge is 0.271 e. The number of rotatable bonds is 4. The zero-order valence-electron chi connectivity index (χ0n) is 10.2. The summed E-state index contributed by atoms with van der Waals surface area (Å²) in [6.07, 6.45) is 0. The molecule has 3 N–H and O–H groups in total. The van der Waals surface area contributed by atoms with Gasteiger partial charge in [-0.1, -0.05) is 0 Å². The molecule has 0 aliphatic rings. The Morgan fingerprint density at radius 1 is 1.45 bits per heavy atom. The van der Waals surface area contributed by atoms with Crippen molar-refractivity contribution in [1.29, 1.82) is 0 Å². The molecule has 0 atom stereocenters. The second kappa shape index (κ2) is 5.06. The van der Waals surface area contributed by atoms with E-state index in [-0.39, 0.29) is 21.4 Å². The molecule has 1 heterocycles. The molecule has 0 fully saturated rings. The quantitative estimate of drug-likeness (QED) is 0.502. The molecule has 2 aromatic rings. The molecule has 0 saturated heterocycles. The third-order valence-corrected chi connectivity index (χ3v) is 4.75. The van der Waals surface area contributed by atoms with Gasteiger partial charge in [0.2, 0.25) is 0 Å². The Morgan fingerprint density at radius 3 is 2.65 bits per heavy atom. The normalized spacial score (nSPS) is 11.2. The van der Waals surface area contributed by atoms with Gasteiger partial charge in [0.05, 0.1) is 16.3 Å². The first-order valence-electron chi connectivity index (χ1n) is 5.28. The van der Waals surface area contributed by atoms with Crippen LogP contribution >= 0.6 is 11.3 Å². The highest BCUT2D eigenvalue weighted by atomic mass is 32.2. The average molecular weight is 314 g/mol. The lowest BCUT2D eigenvalue weighted by atomic mass is 10.3. The fourth-order valence-electron chi connectivity index (χ4n) is 1.46. The van der Waals surface area contributed by atoms with Crippen LogP contribution in [0.25, 0.3) is 0 Å². The standard InChI is InChI=1S/C10H10N4O4S2/c1-6-5-19-10(12-6)13-20(17,18)9-3-2-7(14(15)16)4-8(9)11/h2-5H,11H2,1H3,(H,12,13). The summed E-state index contributed by atoms with van der Waals surface area (Å²) < 4.78 is 26.5. The van der Waals surface area contributed by atoms with Crippen LogP contribution in [-0.4, -0.2) is 18.3 Å². The minimum Gasteiger partial charge on any atom is -0.397 e. The Kier molecular flexibility index (Phi) is 3.59. The molecule has 0 aliphatic heterocycles. The van der Waals surface area contributed by atoms with E-state index in [1.165, 1.54) is 0 Å². The number of thiazole rings is 1. The minimum absolute atomic E-state index is 0.194. The highest BCUT2D eigenvalue weighted by molar-refractivity contribution is 7.93. The lowest BCUT2D eigenvalue weighted by Gasteiger charge is -2.07. The van der Waals surface area contributed by atoms with E-state index in [0.29, 0.717) is 5.69 Å². The van der Waals surface area contributed by atoms with E-state index in [2.05, 4.69) is 9.71 Å². The van der Waals surface area contributed by atoms with E-state index >= 15 is 0 Å². The molecular weight excluding hydrogens is 304 g/mol. The van der Waals surface area contributed by atoms with Gasteiger partial charge < -0.3 is 5.73 Å². The average Bonchev–Trinajstić information content (AvgIpc) is 2.73. The Labute approximate surface area is 118 Å². The van der Waals surface area contributed by atoms with E-state index in [9.17, 15) is 18.5 Å². The highest BCUT2D eigenvalue weighted by Gasteiger charge is 2.21. The molecule has 0 aliphatic carbocycles. The predicted molar refractivity (Wildman–Crippen MR) is 75.2 cm³/mol. The van der Waals surface area contributed by atoms with Crippen LogP contribution < -0.4 is 10.5 Å². The molecule has 106 valence electrons. The van der Waals surface area contributed by atoms with Gasteiger partial charge in [0.25, 0.3) is 15.7 Å². The number of nitrogens with one attached hydrogen (secondary N) is 1. The summed E-state index contributed by atoms with van der Waals surface area (Å²) in [7, 11) is -3.92. The van der Waals surface area contributed by atoms with Gasteiger partial charge in [0.1, 0.15) is 4.90 Å². The lowest BCUT2D eigenvalue weighted by Crippen LogP contribution is -2.14. The second-order valence-electron chi connectivity index (χ2n) is 3.88. The monoisotopic (exact) mass is 314 g/mol. The minimum atomic E-state index is -3.92. The number of aryl methyl sites for hydroxylation is 1. The maximum atomic E-state index is 12.1. The number of benzene rings is 1. The largest absolute Gasteiger partial charge is 0.397 e. The number of anilines is 2. The third kappa shape index (κ3) is 2.86. The highest BCUT2D eigenvalue weighted by Crippen LogP contribution is 2.26. The molecular formula is C10H10N4O4S2. The summed E-state index contributed by atoms with van der Waals surface area (Å²) in [5.74, 6) is 0. The lowest BCUT2D eigenvalue weighted by molar-refractivity contribution is -0.384. The van der Waals surface area contributed by atoms with Crippen LogP contribution in [0.4, 0.5) is 16.5 Å². The van der Waals surface area contributed by atoms with E-state index in [1.54, 1.807) is 12.3 Å². The van der Waals surface area contributed by atoms with Crippen molar-refractivity contribution in [2.75, 3.05) is 10.5 Å². The summed E-state index contributed by atoms with van der Waals surface area (Å²) in [4.78, 5) is 13.7. The molecule has 1 aromatic heterocycles. The van der Waals surface area contributed by atoms with Gasteiger partial charge in [-0.25, -0.2) is 13.4 Å². The van der Waals surface area contributed by atoms with Crippen molar-refractivity contribution in [3.63, 3.8) is 0 Å². The Morgan fingerprint density at radius 2 is 2.15 bits per heavy atom. The number of sulfonamides is 1. The zero-order chi connectivity index (χ0) is 14.9. The van der Waals surface area contributed by atoms with Crippen LogP contribution in [0.2, 0.25) is 0 Å². The van der Waals surface area contributed by atoms with Crippen LogP contribution in [0.3, 0.4) is 0 Å². The summed E-state index contributed by atoms with van der Waals surface area (Å²) in [6, 6.07) is 3.18. The fraction of sp³-hybridized carbons (Fsp3) is 0.100. The van der Waals surface area contributed by atoms with Crippen molar-refractivity contribution in [2.24, 2.45) is 0 Å². The molecule has 0 radical (unpaired) electrons. The van der Waals surface area contributed by atoms with Crippen molar-refractivity contribution < 1.29 is 13.3 Å². The number of nitrogens with two attached hydrogens (primary N) is 1. The molecule has 10 heteroatoms. The van der Waals surface area contributed by atoms with Gasteiger partial charge in [-0.05, 0) is 13.0 Å². The van der Waals surface area contributed by atoms with Crippen LogP contribution in [0.5, 0.6) is 0 Å². The van der Waals surface area contributed by atoms with Gasteiger partial charge >= 0.3 is 0 Å². The molecule has 0 spiro atoms. The number of nitrogen functional groups attached to an aromatic ring is 1. The summed E-state index contributed by atoms with van der Waals surface area (Å²) in [5, 5.41) is 12.5. The zero-order valence-corrected chi connectivity index (χ0v) is 11.9. The van der Waals surface area contributed by atoms with Gasteiger partial charge in [-0.3, -0.25) is 14.8 Å². The van der Waals surface area contributed by atoms with Crippen LogP contribution in [0.1, 0.15) is 5.69 Å². The first-order chi connectivity index (χ1) is 9.29. The van der Waals surface area contributed by atoms with Crippen molar-refractivity contribution in [3.05, 3.63) is 39.4 Å².